The Morgan fingerprint density at radius 1 is 1.12 bits per heavy atom. The number of hydrogen-bond acceptors (Lipinski definition) is 2. The summed E-state index contributed by atoms with van der Waals surface area (Å²) in [6.07, 6.45) is 0.607. The SMILES string of the molecule is N#Cc1cccc(Cc2ccc(F)cc2)n1. The van der Waals surface area contributed by atoms with Crippen molar-refractivity contribution in [2.45, 2.75) is 6.42 Å². The van der Waals surface area contributed by atoms with Crippen LogP contribution in [-0.2, 0) is 6.42 Å². The maximum absolute atomic E-state index is 12.7. The van der Waals surface area contributed by atoms with Crippen LogP contribution in [0, 0.1) is 17.1 Å². The number of aromatic nitrogens is 1. The molecule has 0 aliphatic carbocycles. The Morgan fingerprint density at radius 3 is 2.56 bits per heavy atom. The van der Waals surface area contributed by atoms with Gasteiger partial charge < -0.3 is 0 Å². The summed E-state index contributed by atoms with van der Waals surface area (Å²) in [5.74, 6) is -0.248. The second-order valence-electron chi connectivity index (χ2n) is 3.43. The van der Waals surface area contributed by atoms with E-state index >= 15 is 0 Å². The van der Waals surface area contributed by atoms with Gasteiger partial charge in [0, 0.05) is 12.1 Å². The molecule has 78 valence electrons. The lowest BCUT2D eigenvalue weighted by Crippen LogP contribution is -1.94. The molecule has 1 aromatic heterocycles. The number of benzene rings is 1. The minimum absolute atomic E-state index is 0.248. The van der Waals surface area contributed by atoms with Gasteiger partial charge in [0.25, 0.3) is 0 Å². The zero-order valence-electron chi connectivity index (χ0n) is 8.52. The van der Waals surface area contributed by atoms with Gasteiger partial charge in [-0.15, -0.1) is 0 Å². The zero-order valence-corrected chi connectivity index (χ0v) is 8.52. The van der Waals surface area contributed by atoms with Gasteiger partial charge in [0.2, 0.25) is 0 Å². The maximum Gasteiger partial charge on any atom is 0.140 e. The summed E-state index contributed by atoms with van der Waals surface area (Å²) in [5, 5.41) is 8.70. The summed E-state index contributed by atoms with van der Waals surface area (Å²) in [4.78, 5) is 4.15. The topological polar surface area (TPSA) is 36.7 Å². The number of hydrogen-bond donors (Lipinski definition) is 0. The van der Waals surface area contributed by atoms with Crippen LogP contribution in [0.2, 0.25) is 0 Å². The molecule has 1 heterocycles. The maximum atomic E-state index is 12.7. The van der Waals surface area contributed by atoms with E-state index in [1.807, 2.05) is 12.1 Å². The Morgan fingerprint density at radius 2 is 1.88 bits per heavy atom. The van der Waals surface area contributed by atoms with Crippen LogP contribution in [-0.4, -0.2) is 4.98 Å². The highest BCUT2D eigenvalue weighted by atomic mass is 19.1. The lowest BCUT2D eigenvalue weighted by atomic mass is 10.1. The summed E-state index contributed by atoms with van der Waals surface area (Å²) in [7, 11) is 0. The lowest BCUT2D eigenvalue weighted by molar-refractivity contribution is 0.627. The lowest BCUT2D eigenvalue weighted by Gasteiger charge is -2.01. The van der Waals surface area contributed by atoms with Crippen molar-refractivity contribution >= 4 is 0 Å². The summed E-state index contributed by atoms with van der Waals surface area (Å²) in [5.41, 5.74) is 2.19. The third-order valence-electron chi connectivity index (χ3n) is 2.22. The van der Waals surface area contributed by atoms with Crippen LogP contribution in [0.15, 0.2) is 42.5 Å². The Balaban J connectivity index is 2.21. The Kier molecular flexibility index (Phi) is 2.93. The van der Waals surface area contributed by atoms with E-state index in [1.165, 1.54) is 12.1 Å². The number of rotatable bonds is 2. The molecule has 3 heteroatoms. The normalized spacial score (nSPS) is 9.75. The molecule has 0 bridgehead atoms. The number of pyridine rings is 1. The minimum atomic E-state index is -0.248. The number of nitriles is 1. The third kappa shape index (κ3) is 2.43. The summed E-state index contributed by atoms with van der Waals surface area (Å²) < 4.78 is 12.7. The van der Waals surface area contributed by atoms with Gasteiger partial charge in [-0.2, -0.15) is 5.26 Å². The second-order valence-corrected chi connectivity index (χ2v) is 3.43. The van der Waals surface area contributed by atoms with Crippen LogP contribution < -0.4 is 0 Å². The Labute approximate surface area is 93.0 Å². The van der Waals surface area contributed by atoms with Crippen LogP contribution in [0.3, 0.4) is 0 Å². The van der Waals surface area contributed by atoms with Gasteiger partial charge in [-0.3, -0.25) is 0 Å². The molecule has 0 saturated heterocycles. The first kappa shape index (κ1) is 10.3. The quantitative estimate of drug-likeness (QED) is 0.767. The Hall–Kier alpha value is -2.21. The van der Waals surface area contributed by atoms with Gasteiger partial charge in [0.15, 0.2) is 0 Å². The van der Waals surface area contributed by atoms with Gasteiger partial charge >= 0.3 is 0 Å². The monoisotopic (exact) mass is 212 g/mol. The second kappa shape index (κ2) is 4.54. The molecule has 2 rings (SSSR count). The highest BCUT2D eigenvalue weighted by Gasteiger charge is 1.99. The average Bonchev–Trinajstić information content (AvgIpc) is 2.32. The van der Waals surface area contributed by atoms with Gasteiger partial charge in [0.1, 0.15) is 17.6 Å². The highest BCUT2D eigenvalue weighted by Crippen LogP contribution is 2.09. The molecular weight excluding hydrogens is 203 g/mol. The molecule has 0 atom stereocenters. The van der Waals surface area contributed by atoms with Crippen molar-refractivity contribution in [2.75, 3.05) is 0 Å². The minimum Gasteiger partial charge on any atom is -0.242 e. The third-order valence-corrected chi connectivity index (χ3v) is 2.22. The van der Waals surface area contributed by atoms with Crippen LogP contribution in [0.4, 0.5) is 4.39 Å². The molecule has 0 aliphatic heterocycles. The van der Waals surface area contributed by atoms with Gasteiger partial charge in [0.05, 0.1) is 0 Å². The van der Waals surface area contributed by atoms with Gasteiger partial charge in [-0.05, 0) is 29.8 Å². The fraction of sp³-hybridized carbons (Fsp3) is 0.0769. The molecule has 0 fully saturated rings. The standard InChI is InChI=1S/C13H9FN2/c14-11-6-4-10(5-7-11)8-12-2-1-3-13(9-15)16-12/h1-7H,8H2. The van der Waals surface area contributed by atoms with Crippen molar-refractivity contribution in [3.8, 4) is 6.07 Å². The predicted molar refractivity (Wildman–Crippen MR) is 58.2 cm³/mol. The Bertz CT molecular complexity index is 526. The van der Waals surface area contributed by atoms with Gasteiger partial charge in [-0.1, -0.05) is 18.2 Å². The molecule has 2 aromatic rings. The van der Waals surface area contributed by atoms with E-state index in [-0.39, 0.29) is 5.82 Å². The van der Waals surface area contributed by atoms with Crippen molar-refractivity contribution in [1.82, 2.24) is 4.98 Å². The van der Waals surface area contributed by atoms with E-state index in [9.17, 15) is 4.39 Å². The average molecular weight is 212 g/mol. The largest absolute Gasteiger partial charge is 0.242 e. The number of halogens is 1. The molecule has 1 aromatic carbocycles. The van der Waals surface area contributed by atoms with E-state index in [0.717, 1.165) is 11.3 Å². The van der Waals surface area contributed by atoms with E-state index in [0.29, 0.717) is 12.1 Å². The predicted octanol–water partition coefficient (Wildman–Crippen LogP) is 2.68. The van der Waals surface area contributed by atoms with Crippen LogP contribution in [0.25, 0.3) is 0 Å². The van der Waals surface area contributed by atoms with Crippen molar-refractivity contribution < 1.29 is 4.39 Å². The van der Waals surface area contributed by atoms with E-state index in [2.05, 4.69) is 4.98 Å². The first-order valence-electron chi connectivity index (χ1n) is 4.88. The molecule has 0 N–H and O–H groups in total. The molecule has 0 saturated carbocycles. The number of nitrogens with zero attached hydrogens (tertiary/aromatic N) is 2. The van der Waals surface area contributed by atoms with Gasteiger partial charge in [-0.25, -0.2) is 9.37 Å². The van der Waals surface area contributed by atoms with Crippen molar-refractivity contribution in [3.63, 3.8) is 0 Å². The van der Waals surface area contributed by atoms with E-state index in [1.54, 1.807) is 24.3 Å². The van der Waals surface area contributed by atoms with E-state index < -0.39 is 0 Å². The molecule has 0 spiro atoms. The molecule has 0 amide bonds. The molecule has 0 aliphatic rings. The molecule has 0 radical (unpaired) electrons. The van der Waals surface area contributed by atoms with E-state index in [4.69, 9.17) is 5.26 Å². The first-order valence-corrected chi connectivity index (χ1v) is 4.88. The van der Waals surface area contributed by atoms with Crippen LogP contribution in [0.1, 0.15) is 17.0 Å². The molecular formula is C13H9FN2. The summed E-state index contributed by atoms with van der Waals surface area (Å²) >= 11 is 0. The van der Waals surface area contributed by atoms with Crippen molar-refractivity contribution in [2.24, 2.45) is 0 Å². The van der Waals surface area contributed by atoms with Crippen LogP contribution in [0.5, 0.6) is 0 Å². The van der Waals surface area contributed by atoms with Crippen LogP contribution >= 0.6 is 0 Å². The zero-order chi connectivity index (χ0) is 11.4. The summed E-state index contributed by atoms with van der Waals surface area (Å²) in [6, 6.07) is 13.6. The van der Waals surface area contributed by atoms with Crippen molar-refractivity contribution in [3.05, 3.63) is 65.2 Å². The van der Waals surface area contributed by atoms with Crippen molar-refractivity contribution in [1.29, 1.82) is 5.26 Å². The molecule has 0 unspecified atom stereocenters. The fourth-order valence-corrected chi connectivity index (χ4v) is 1.45. The molecule has 2 nitrogen and oxygen atoms in total. The fourth-order valence-electron chi connectivity index (χ4n) is 1.45. The summed E-state index contributed by atoms with van der Waals surface area (Å²) in [6.45, 7) is 0. The highest BCUT2D eigenvalue weighted by molar-refractivity contribution is 5.26. The first-order chi connectivity index (χ1) is 7.78. The smallest absolute Gasteiger partial charge is 0.140 e. The molecule has 16 heavy (non-hydrogen) atoms.